The predicted molar refractivity (Wildman–Crippen MR) is 95.2 cm³/mol. The second-order valence-corrected chi connectivity index (χ2v) is 5.96. The van der Waals surface area contributed by atoms with E-state index >= 15 is 0 Å². The molecular formula is C19H13F2N3O4. The Morgan fingerprint density at radius 1 is 1.04 bits per heavy atom. The third kappa shape index (κ3) is 3.68. The number of ether oxygens (including phenoxy) is 2. The highest BCUT2D eigenvalue weighted by Gasteiger charge is 2.43. The third-order valence-electron chi connectivity index (χ3n) is 3.91. The Morgan fingerprint density at radius 2 is 1.79 bits per heavy atom. The molecule has 0 fully saturated rings. The van der Waals surface area contributed by atoms with Crippen LogP contribution in [0.15, 0.2) is 65.5 Å². The fourth-order valence-corrected chi connectivity index (χ4v) is 2.69. The molecule has 1 N–H and O–H groups in total. The van der Waals surface area contributed by atoms with Gasteiger partial charge in [-0.05, 0) is 18.2 Å². The predicted octanol–water partition coefficient (Wildman–Crippen LogP) is 2.87. The van der Waals surface area contributed by atoms with Crippen molar-refractivity contribution >= 4 is 11.6 Å². The van der Waals surface area contributed by atoms with Crippen LogP contribution in [0.3, 0.4) is 0 Å². The average Bonchev–Trinajstić information content (AvgIpc) is 2.97. The molecule has 0 unspecified atom stereocenters. The molecule has 28 heavy (non-hydrogen) atoms. The fourth-order valence-electron chi connectivity index (χ4n) is 2.69. The Balaban J connectivity index is 1.50. The van der Waals surface area contributed by atoms with E-state index in [-0.39, 0.29) is 23.7 Å². The van der Waals surface area contributed by atoms with E-state index in [1.165, 1.54) is 24.3 Å². The molecule has 4 rings (SSSR count). The van der Waals surface area contributed by atoms with Gasteiger partial charge in [-0.15, -0.1) is 8.78 Å². The Morgan fingerprint density at radius 3 is 2.57 bits per heavy atom. The van der Waals surface area contributed by atoms with Crippen LogP contribution in [0.1, 0.15) is 0 Å². The molecule has 0 aliphatic carbocycles. The Kier molecular flexibility index (Phi) is 4.26. The first-order chi connectivity index (χ1) is 13.4. The molecule has 0 saturated heterocycles. The van der Waals surface area contributed by atoms with Gasteiger partial charge in [-0.3, -0.25) is 9.59 Å². The first-order valence-corrected chi connectivity index (χ1v) is 8.23. The standard InChI is InChI=1S/C19H13F2N3O4/c20-19(21)27-15-8-6-13(10-16(15)28-19)22-17(25)11-24-18(26)9-7-14(23-24)12-4-2-1-3-5-12/h1-10H,11H2,(H,22,25). The summed E-state index contributed by atoms with van der Waals surface area (Å²) in [5.41, 5.74) is 1.11. The minimum atomic E-state index is -3.74. The molecule has 0 bridgehead atoms. The molecule has 0 radical (unpaired) electrons. The van der Waals surface area contributed by atoms with Crippen molar-refractivity contribution in [3.8, 4) is 22.8 Å². The highest BCUT2D eigenvalue weighted by molar-refractivity contribution is 5.90. The quantitative estimate of drug-likeness (QED) is 0.747. The van der Waals surface area contributed by atoms with Crippen molar-refractivity contribution in [2.75, 3.05) is 5.32 Å². The summed E-state index contributed by atoms with van der Waals surface area (Å²) in [6.07, 6.45) is -3.74. The van der Waals surface area contributed by atoms with Crippen molar-refractivity contribution in [1.29, 1.82) is 0 Å². The number of benzene rings is 2. The van der Waals surface area contributed by atoms with Crippen LogP contribution in [0, 0.1) is 0 Å². The minimum absolute atomic E-state index is 0.128. The van der Waals surface area contributed by atoms with E-state index < -0.39 is 17.8 Å². The van der Waals surface area contributed by atoms with Gasteiger partial charge in [0.2, 0.25) is 5.91 Å². The van der Waals surface area contributed by atoms with Crippen molar-refractivity contribution in [2.24, 2.45) is 0 Å². The van der Waals surface area contributed by atoms with E-state index in [0.29, 0.717) is 5.69 Å². The van der Waals surface area contributed by atoms with Crippen molar-refractivity contribution in [2.45, 2.75) is 12.8 Å². The van der Waals surface area contributed by atoms with Gasteiger partial charge in [0.05, 0.1) is 5.69 Å². The van der Waals surface area contributed by atoms with Crippen molar-refractivity contribution in [3.63, 3.8) is 0 Å². The van der Waals surface area contributed by atoms with Gasteiger partial charge in [0.15, 0.2) is 11.5 Å². The zero-order chi connectivity index (χ0) is 19.7. The summed E-state index contributed by atoms with van der Waals surface area (Å²) in [7, 11) is 0. The summed E-state index contributed by atoms with van der Waals surface area (Å²) in [5, 5.41) is 6.72. The molecule has 0 atom stereocenters. The molecule has 1 amide bonds. The number of carbonyl (C=O) groups excluding carboxylic acids is 1. The van der Waals surface area contributed by atoms with Crippen LogP contribution in [0.5, 0.6) is 11.5 Å². The molecule has 2 heterocycles. The van der Waals surface area contributed by atoms with E-state index in [9.17, 15) is 18.4 Å². The van der Waals surface area contributed by atoms with Crippen molar-refractivity contribution in [3.05, 3.63) is 71.0 Å². The molecule has 7 nitrogen and oxygen atoms in total. The number of fused-ring (bicyclic) bond motifs is 1. The van der Waals surface area contributed by atoms with Gasteiger partial charge >= 0.3 is 6.29 Å². The smallest absolute Gasteiger partial charge is 0.395 e. The summed E-state index contributed by atoms with van der Waals surface area (Å²) >= 11 is 0. The molecule has 1 aliphatic rings. The molecule has 0 spiro atoms. The maximum Gasteiger partial charge on any atom is 0.586 e. The number of carbonyl (C=O) groups is 1. The number of anilines is 1. The van der Waals surface area contributed by atoms with Gasteiger partial charge < -0.3 is 14.8 Å². The molecule has 3 aromatic rings. The normalized spacial score (nSPS) is 13.9. The van der Waals surface area contributed by atoms with E-state index in [4.69, 9.17) is 0 Å². The van der Waals surface area contributed by atoms with Crippen LogP contribution in [0.25, 0.3) is 11.3 Å². The summed E-state index contributed by atoms with van der Waals surface area (Å²) in [6.45, 7) is -0.343. The molecule has 1 aromatic heterocycles. The van der Waals surface area contributed by atoms with Gasteiger partial charge in [-0.25, -0.2) is 4.68 Å². The molecule has 9 heteroatoms. The van der Waals surface area contributed by atoms with Gasteiger partial charge in [0.1, 0.15) is 6.54 Å². The number of rotatable bonds is 4. The number of halogens is 2. The van der Waals surface area contributed by atoms with E-state index in [1.807, 2.05) is 30.3 Å². The van der Waals surface area contributed by atoms with Crippen molar-refractivity contribution < 1.29 is 23.0 Å². The number of alkyl halides is 2. The van der Waals surface area contributed by atoms with Crippen LogP contribution in [0.2, 0.25) is 0 Å². The highest BCUT2D eigenvalue weighted by atomic mass is 19.3. The van der Waals surface area contributed by atoms with Gasteiger partial charge in [-0.1, -0.05) is 30.3 Å². The monoisotopic (exact) mass is 385 g/mol. The molecule has 1 aliphatic heterocycles. The second kappa shape index (κ2) is 6.76. The fraction of sp³-hybridized carbons (Fsp3) is 0.105. The molecule has 142 valence electrons. The van der Waals surface area contributed by atoms with Gasteiger partial charge in [0.25, 0.3) is 5.56 Å². The lowest BCUT2D eigenvalue weighted by Gasteiger charge is -2.09. The van der Waals surface area contributed by atoms with E-state index in [0.717, 1.165) is 10.2 Å². The summed E-state index contributed by atoms with van der Waals surface area (Å²) in [4.78, 5) is 24.3. The number of amides is 1. The Hall–Kier alpha value is -3.75. The zero-order valence-electron chi connectivity index (χ0n) is 14.3. The summed E-state index contributed by atoms with van der Waals surface area (Å²) < 4.78 is 35.8. The van der Waals surface area contributed by atoms with Gasteiger partial charge in [-0.2, -0.15) is 5.10 Å². The van der Waals surface area contributed by atoms with Gasteiger partial charge in [0, 0.05) is 23.4 Å². The number of hydrogen-bond acceptors (Lipinski definition) is 5. The van der Waals surface area contributed by atoms with E-state index in [1.54, 1.807) is 6.07 Å². The first kappa shape index (κ1) is 17.7. The third-order valence-corrected chi connectivity index (χ3v) is 3.91. The highest BCUT2D eigenvalue weighted by Crippen LogP contribution is 2.42. The lowest BCUT2D eigenvalue weighted by atomic mass is 10.1. The van der Waals surface area contributed by atoms with Crippen LogP contribution < -0.4 is 20.3 Å². The summed E-state index contributed by atoms with van der Waals surface area (Å²) in [5.74, 6) is -0.869. The number of aromatic nitrogens is 2. The molecule has 0 saturated carbocycles. The van der Waals surface area contributed by atoms with Crippen molar-refractivity contribution in [1.82, 2.24) is 9.78 Å². The topological polar surface area (TPSA) is 82.5 Å². The summed E-state index contributed by atoms with van der Waals surface area (Å²) in [6, 6.07) is 15.9. The van der Waals surface area contributed by atoms with Crippen LogP contribution >= 0.6 is 0 Å². The van der Waals surface area contributed by atoms with Crippen LogP contribution in [0.4, 0.5) is 14.5 Å². The minimum Gasteiger partial charge on any atom is -0.395 e. The van der Waals surface area contributed by atoms with E-state index in [2.05, 4.69) is 19.9 Å². The zero-order valence-corrected chi connectivity index (χ0v) is 14.3. The Bertz CT molecular complexity index is 1100. The van der Waals surface area contributed by atoms with Crippen LogP contribution in [-0.4, -0.2) is 22.0 Å². The Labute approximate surface area is 157 Å². The number of nitrogens with one attached hydrogen (secondary N) is 1. The number of hydrogen-bond donors (Lipinski definition) is 1. The first-order valence-electron chi connectivity index (χ1n) is 8.23. The number of nitrogens with zero attached hydrogens (tertiary/aromatic N) is 2. The molecule has 2 aromatic carbocycles. The largest absolute Gasteiger partial charge is 0.586 e. The molecular weight excluding hydrogens is 372 g/mol. The second-order valence-electron chi connectivity index (χ2n) is 5.96. The lowest BCUT2D eigenvalue weighted by Crippen LogP contribution is -2.29. The SMILES string of the molecule is O=C(Cn1nc(-c2ccccc2)ccc1=O)Nc1ccc2c(c1)OC(F)(F)O2. The maximum atomic E-state index is 13.1. The van der Waals surface area contributed by atoms with Crippen LogP contribution in [-0.2, 0) is 11.3 Å². The lowest BCUT2D eigenvalue weighted by molar-refractivity contribution is -0.286. The average molecular weight is 385 g/mol. The maximum absolute atomic E-state index is 13.1.